The molecule has 0 fully saturated rings. The van der Waals surface area contributed by atoms with Crippen LogP contribution < -0.4 is 5.73 Å². The lowest BCUT2D eigenvalue weighted by atomic mass is 9.82. The molecule has 0 atom stereocenters. The van der Waals surface area contributed by atoms with Gasteiger partial charge in [-0.3, -0.25) is 0 Å². The fraction of sp³-hybridized carbons (Fsp3) is 0.0612. The summed E-state index contributed by atoms with van der Waals surface area (Å²) in [4.78, 5) is 0. The Morgan fingerprint density at radius 1 is 0.431 bits per heavy atom. The van der Waals surface area contributed by atoms with Gasteiger partial charge in [0.2, 0.25) is 0 Å². The summed E-state index contributed by atoms with van der Waals surface area (Å²) in [5.74, 6) is 0. The monoisotopic (exact) mass is 652 g/mol. The van der Waals surface area contributed by atoms with Crippen molar-refractivity contribution in [2.75, 3.05) is 6.54 Å². The predicted molar refractivity (Wildman–Crippen MR) is 217 cm³/mol. The van der Waals surface area contributed by atoms with Gasteiger partial charge in [-0.15, -0.1) is 0 Å². The summed E-state index contributed by atoms with van der Waals surface area (Å²) in [6.45, 7) is 2.84. The number of nitrogens with zero attached hydrogens (tertiary/aromatic N) is 1. The summed E-state index contributed by atoms with van der Waals surface area (Å²) in [7, 11) is 0. The van der Waals surface area contributed by atoms with Crippen LogP contribution >= 0.6 is 0 Å². The molecule has 2 N–H and O–H groups in total. The highest BCUT2D eigenvalue weighted by Crippen LogP contribution is 2.58. The first-order valence-corrected chi connectivity index (χ1v) is 17.9. The molecule has 1 aliphatic carbocycles. The molecule has 0 saturated heterocycles. The number of hydrogen-bond donors (Lipinski definition) is 1. The number of benzene rings is 8. The summed E-state index contributed by atoms with van der Waals surface area (Å²) in [5.41, 5.74) is 23.9. The fourth-order valence-electron chi connectivity index (χ4n) is 8.84. The van der Waals surface area contributed by atoms with Gasteiger partial charge in [0, 0.05) is 23.2 Å². The Kier molecular flexibility index (Phi) is 6.80. The summed E-state index contributed by atoms with van der Waals surface area (Å²) >= 11 is 0. The average Bonchev–Trinajstić information content (AvgIpc) is 3.67. The summed E-state index contributed by atoms with van der Waals surface area (Å²) in [5, 5.41) is 6.46. The summed E-state index contributed by atoms with van der Waals surface area (Å²) in [6, 6.07) is 60.2. The molecule has 1 heterocycles. The smallest absolute Gasteiger partial charge is 0.0534 e. The number of aromatic nitrogens is 1. The second-order valence-electron chi connectivity index (χ2n) is 13.7. The highest BCUT2D eigenvalue weighted by Gasteiger charge is 2.31. The van der Waals surface area contributed by atoms with Crippen molar-refractivity contribution in [3.8, 4) is 61.3 Å². The SMILES string of the molecule is Cc1c(CCN)n(-c2ccc(-c3ccc4c5c(cccc35)-c3c-4c(-c4ccccc4)c4ccccc4c3-c3ccccc3)cc2)c2ccccc12. The minimum atomic E-state index is 0.617. The van der Waals surface area contributed by atoms with Crippen LogP contribution in [-0.2, 0) is 6.42 Å². The highest BCUT2D eigenvalue weighted by atomic mass is 15.0. The van der Waals surface area contributed by atoms with Crippen molar-refractivity contribution >= 4 is 32.4 Å². The molecule has 0 amide bonds. The molecule has 2 heteroatoms. The molecule has 51 heavy (non-hydrogen) atoms. The molecule has 9 aromatic rings. The standard InChI is InChI=1S/C49H36N2/c1-31-36-17-10-11-22-44(36)51(43(31)29-30-50)35-25-23-32(24-26-35)37-27-28-42-47-38(37)20-12-21-41(47)48-45(33-13-4-2-5-14-33)39-18-8-9-19-40(39)46(49(42)48)34-15-6-3-7-16-34/h2-28H,29-30,50H2,1H3. The van der Waals surface area contributed by atoms with Crippen molar-refractivity contribution in [3.05, 3.63) is 175 Å². The van der Waals surface area contributed by atoms with E-state index in [2.05, 4.69) is 175 Å². The number of aryl methyl sites for hydroxylation is 1. The molecule has 0 radical (unpaired) electrons. The van der Waals surface area contributed by atoms with Crippen molar-refractivity contribution in [1.29, 1.82) is 0 Å². The topological polar surface area (TPSA) is 30.9 Å². The van der Waals surface area contributed by atoms with Crippen LogP contribution in [-0.4, -0.2) is 11.1 Å². The summed E-state index contributed by atoms with van der Waals surface area (Å²) < 4.78 is 2.40. The molecule has 1 aliphatic rings. The van der Waals surface area contributed by atoms with Crippen LogP contribution in [0.4, 0.5) is 0 Å². The minimum absolute atomic E-state index is 0.617. The van der Waals surface area contributed by atoms with E-state index in [1.54, 1.807) is 0 Å². The van der Waals surface area contributed by atoms with Crippen LogP contribution in [0.3, 0.4) is 0 Å². The van der Waals surface area contributed by atoms with E-state index in [1.165, 1.54) is 99.3 Å². The molecule has 8 aromatic carbocycles. The zero-order valence-corrected chi connectivity index (χ0v) is 28.5. The molecule has 0 aliphatic heterocycles. The van der Waals surface area contributed by atoms with E-state index in [4.69, 9.17) is 5.73 Å². The first-order valence-electron chi connectivity index (χ1n) is 17.9. The first kappa shape index (κ1) is 29.7. The number of rotatable bonds is 6. The largest absolute Gasteiger partial charge is 0.330 e. The third-order valence-corrected chi connectivity index (χ3v) is 11.0. The molecule has 0 spiro atoms. The second-order valence-corrected chi connectivity index (χ2v) is 13.7. The first-order chi connectivity index (χ1) is 25.2. The van der Waals surface area contributed by atoms with E-state index in [9.17, 15) is 0 Å². The molecule has 242 valence electrons. The normalized spacial score (nSPS) is 11.9. The lowest BCUT2D eigenvalue weighted by molar-refractivity contribution is 0.878. The number of nitrogens with two attached hydrogens (primary N) is 1. The quantitative estimate of drug-likeness (QED) is 0.190. The zero-order valence-electron chi connectivity index (χ0n) is 28.5. The molecule has 1 aromatic heterocycles. The van der Waals surface area contributed by atoms with Crippen LogP contribution in [0, 0.1) is 6.92 Å². The average molecular weight is 653 g/mol. The van der Waals surface area contributed by atoms with Gasteiger partial charge in [-0.25, -0.2) is 0 Å². The second kappa shape index (κ2) is 11.7. The molecular formula is C49H36N2. The molecule has 10 rings (SSSR count). The van der Waals surface area contributed by atoms with E-state index in [0.717, 1.165) is 12.1 Å². The molecule has 2 nitrogen and oxygen atoms in total. The molecule has 0 unspecified atom stereocenters. The lowest BCUT2D eigenvalue weighted by Gasteiger charge is -2.20. The van der Waals surface area contributed by atoms with Crippen molar-refractivity contribution in [2.45, 2.75) is 13.3 Å². The Morgan fingerprint density at radius 3 is 1.59 bits per heavy atom. The number of hydrogen-bond acceptors (Lipinski definition) is 1. The van der Waals surface area contributed by atoms with Gasteiger partial charge in [0.15, 0.2) is 0 Å². The van der Waals surface area contributed by atoms with Crippen LogP contribution in [0.1, 0.15) is 11.3 Å². The Labute approximate surface area is 298 Å². The van der Waals surface area contributed by atoms with E-state index < -0.39 is 0 Å². The van der Waals surface area contributed by atoms with Crippen LogP contribution in [0.15, 0.2) is 164 Å². The van der Waals surface area contributed by atoms with E-state index in [0.29, 0.717) is 6.54 Å². The van der Waals surface area contributed by atoms with Gasteiger partial charge >= 0.3 is 0 Å². The minimum Gasteiger partial charge on any atom is -0.330 e. The van der Waals surface area contributed by atoms with Crippen molar-refractivity contribution in [3.63, 3.8) is 0 Å². The Morgan fingerprint density at radius 2 is 0.961 bits per heavy atom. The predicted octanol–water partition coefficient (Wildman–Crippen LogP) is 12.4. The van der Waals surface area contributed by atoms with Gasteiger partial charge in [0.05, 0.1) is 5.52 Å². The van der Waals surface area contributed by atoms with Crippen molar-refractivity contribution in [1.82, 2.24) is 4.57 Å². The van der Waals surface area contributed by atoms with Gasteiger partial charge in [-0.2, -0.15) is 0 Å². The van der Waals surface area contributed by atoms with E-state index in [1.807, 2.05) is 0 Å². The van der Waals surface area contributed by atoms with Crippen LogP contribution in [0.2, 0.25) is 0 Å². The molecular weight excluding hydrogens is 617 g/mol. The summed E-state index contributed by atoms with van der Waals surface area (Å²) in [6.07, 6.45) is 0.836. The van der Waals surface area contributed by atoms with Crippen molar-refractivity contribution in [2.24, 2.45) is 5.73 Å². The highest BCUT2D eigenvalue weighted by molar-refractivity contribution is 6.28. The maximum atomic E-state index is 6.11. The van der Waals surface area contributed by atoms with Crippen LogP contribution in [0.25, 0.3) is 93.8 Å². The number of para-hydroxylation sites is 1. The van der Waals surface area contributed by atoms with Crippen molar-refractivity contribution < 1.29 is 0 Å². The zero-order chi connectivity index (χ0) is 34.1. The fourth-order valence-corrected chi connectivity index (χ4v) is 8.84. The third kappa shape index (κ3) is 4.40. The van der Waals surface area contributed by atoms with Gasteiger partial charge in [-0.05, 0) is 114 Å². The third-order valence-electron chi connectivity index (χ3n) is 11.0. The van der Waals surface area contributed by atoms with E-state index >= 15 is 0 Å². The Balaban J connectivity index is 1.21. The maximum Gasteiger partial charge on any atom is 0.0534 e. The maximum absolute atomic E-state index is 6.11. The number of fused-ring (bicyclic) bond motifs is 5. The lowest BCUT2D eigenvalue weighted by Crippen LogP contribution is -2.09. The van der Waals surface area contributed by atoms with Gasteiger partial charge in [0.25, 0.3) is 0 Å². The Bertz CT molecular complexity index is 2700. The van der Waals surface area contributed by atoms with Gasteiger partial charge in [-0.1, -0.05) is 146 Å². The van der Waals surface area contributed by atoms with E-state index in [-0.39, 0.29) is 0 Å². The Hall–Kier alpha value is -6.22. The molecule has 0 bridgehead atoms. The van der Waals surface area contributed by atoms with Crippen LogP contribution in [0.5, 0.6) is 0 Å². The molecule has 0 saturated carbocycles. The van der Waals surface area contributed by atoms with Gasteiger partial charge in [0.1, 0.15) is 0 Å². The van der Waals surface area contributed by atoms with Gasteiger partial charge < -0.3 is 10.3 Å².